The molecule has 0 bridgehead atoms. The first kappa shape index (κ1) is 14.3. The third-order valence-corrected chi connectivity index (χ3v) is 5.82. The van der Waals surface area contributed by atoms with E-state index in [0.29, 0.717) is 18.3 Å². The molecule has 3 heteroatoms. The van der Waals surface area contributed by atoms with Crippen LogP contribution in [0.15, 0.2) is 0 Å². The van der Waals surface area contributed by atoms with Gasteiger partial charge in [0.25, 0.3) is 0 Å². The first-order valence-corrected chi connectivity index (χ1v) is 7.32. The molecule has 2 saturated carbocycles. The molecule has 0 aromatic heterocycles. The molecular weight excluding hydrogens is 228 g/mol. The van der Waals surface area contributed by atoms with Crippen molar-refractivity contribution in [1.82, 2.24) is 0 Å². The third kappa shape index (κ3) is 2.21. The normalized spacial score (nSPS) is 47.7. The van der Waals surface area contributed by atoms with Gasteiger partial charge in [-0.2, -0.15) is 0 Å². The second-order valence-electron chi connectivity index (χ2n) is 7.20. The summed E-state index contributed by atoms with van der Waals surface area (Å²) in [6.45, 7) is 6.38. The molecule has 0 heterocycles. The lowest BCUT2D eigenvalue weighted by Crippen LogP contribution is -2.55. The number of rotatable bonds is 2. The van der Waals surface area contributed by atoms with E-state index in [0.717, 1.165) is 25.7 Å². The van der Waals surface area contributed by atoms with E-state index in [4.69, 9.17) is 0 Å². The Balaban J connectivity index is 2.25. The summed E-state index contributed by atoms with van der Waals surface area (Å²) in [7, 11) is 0. The van der Waals surface area contributed by atoms with Crippen molar-refractivity contribution in [2.75, 3.05) is 6.61 Å². The Morgan fingerprint density at radius 2 is 1.78 bits per heavy atom. The molecule has 1 unspecified atom stereocenters. The number of aliphatic hydroxyl groups is 3. The molecule has 0 aromatic carbocycles. The van der Waals surface area contributed by atoms with Crippen molar-refractivity contribution in [2.45, 2.75) is 64.6 Å². The summed E-state index contributed by atoms with van der Waals surface area (Å²) in [4.78, 5) is 0. The van der Waals surface area contributed by atoms with Crippen LogP contribution in [0.3, 0.4) is 0 Å². The molecule has 106 valence electrons. The summed E-state index contributed by atoms with van der Waals surface area (Å²) < 4.78 is 0. The maximum absolute atomic E-state index is 10.6. The third-order valence-electron chi connectivity index (χ3n) is 5.82. The Bertz CT molecular complexity index is 296. The summed E-state index contributed by atoms with van der Waals surface area (Å²) in [5, 5.41) is 30.0. The van der Waals surface area contributed by atoms with E-state index in [2.05, 4.69) is 13.8 Å². The van der Waals surface area contributed by atoms with Crippen LogP contribution in [0.5, 0.6) is 0 Å². The zero-order valence-electron chi connectivity index (χ0n) is 11.9. The van der Waals surface area contributed by atoms with Crippen molar-refractivity contribution < 1.29 is 15.3 Å². The Kier molecular flexibility index (Phi) is 3.79. The van der Waals surface area contributed by atoms with Gasteiger partial charge in [-0.3, -0.25) is 0 Å². The minimum Gasteiger partial charge on any atom is -0.396 e. The van der Waals surface area contributed by atoms with Crippen LogP contribution in [0.2, 0.25) is 0 Å². The molecule has 0 radical (unpaired) electrons. The van der Waals surface area contributed by atoms with Crippen LogP contribution in [0.1, 0.15) is 52.9 Å². The summed E-state index contributed by atoms with van der Waals surface area (Å²) in [5.74, 6) is 1.09. The van der Waals surface area contributed by atoms with Crippen molar-refractivity contribution in [2.24, 2.45) is 23.2 Å². The first-order chi connectivity index (χ1) is 8.30. The predicted molar refractivity (Wildman–Crippen MR) is 71.1 cm³/mol. The molecular formula is C15H28O3. The lowest BCUT2D eigenvalue weighted by atomic mass is 9.51. The van der Waals surface area contributed by atoms with Gasteiger partial charge in [0.1, 0.15) is 0 Å². The molecule has 2 rings (SSSR count). The van der Waals surface area contributed by atoms with E-state index in [-0.39, 0.29) is 24.0 Å². The number of hydrogen-bond acceptors (Lipinski definition) is 3. The van der Waals surface area contributed by atoms with Crippen LogP contribution in [-0.2, 0) is 0 Å². The van der Waals surface area contributed by atoms with Gasteiger partial charge < -0.3 is 15.3 Å². The highest BCUT2D eigenvalue weighted by molar-refractivity contribution is 5.03. The van der Waals surface area contributed by atoms with Gasteiger partial charge in [-0.15, -0.1) is 0 Å². The van der Waals surface area contributed by atoms with Gasteiger partial charge in [-0.1, -0.05) is 13.8 Å². The van der Waals surface area contributed by atoms with Crippen molar-refractivity contribution >= 4 is 0 Å². The molecule has 3 N–H and O–H groups in total. The van der Waals surface area contributed by atoms with E-state index >= 15 is 0 Å². The lowest BCUT2D eigenvalue weighted by Gasteiger charge is -2.56. The standard InChI is InChI=1S/C15H28O3/c1-14(2)11-6-8-15(3,18)12(7-9-16)10(11)4-5-13(14)17/h10-13,16-18H,4-9H2,1-3H3/t10?,11-,12+,13+,15+/m1/s1. The highest BCUT2D eigenvalue weighted by atomic mass is 16.3. The maximum atomic E-state index is 10.6. The van der Waals surface area contributed by atoms with Gasteiger partial charge in [0.15, 0.2) is 0 Å². The fourth-order valence-corrected chi connectivity index (χ4v) is 4.55. The topological polar surface area (TPSA) is 60.7 Å². The molecule has 3 nitrogen and oxygen atoms in total. The van der Waals surface area contributed by atoms with Crippen molar-refractivity contribution in [1.29, 1.82) is 0 Å². The Labute approximate surface area is 110 Å². The zero-order chi connectivity index (χ0) is 13.6. The van der Waals surface area contributed by atoms with Crippen molar-refractivity contribution in [3.8, 4) is 0 Å². The van der Waals surface area contributed by atoms with Crippen LogP contribution in [-0.4, -0.2) is 33.6 Å². The van der Waals surface area contributed by atoms with E-state index in [1.807, 2.05) is 6.92 Å². The summed E-state index contributed by atoms with van der Waals surface area (Å²) >= 11 is 0. The summed E-state index contributed by atoms with van der Waals surface area (Å²) in [6.07, 6.45) is 4.04. The molecule has 0 aliphatic heterocycles. The molecule has 0 spiro atoms. The average Bonchev–Trinajstić information content (AvgIpc) is 2.27. The van der Waals surface area contributed by atoms with E-state index in [9.17, 15) is 15.3 Å². The molecule has 2 aliphatic rings. The van der Waals surface area contributed by atoms with E-state index in [1.165, 1.54) is 0 Å². The maximum Gasteiger partial charge on any atom is 0.0651 e. The van der Waals surface area contributed by atoms with Crippen molar-refractivity contribution in [3.05, 3.63) is 0 Å². The minimum absolute atomic E-state index is 0.0624. The smallest absolute Gasteiger partial charge is 0.0651 e. The number of fused-ring (bicyclic) bond motifs is 1. The Hall–Kier alpha value is -0.120. The predicted octanol–water partition coefficient (Wildman–Crippen LogP) is 1.94. The van der Waals surface area contributed by atoms with Gasteiger partial charge in [0.2, 0.25) is 0 Å². The molecule has 18 heavy (non-hydrogen) atoms. The number of aliphatic hydroxyl groups excluding tert-OH is 2. The van der Waals surface area contributed by atoms with E-state index in [1.54, 1.807) is 0 Å². The SMILES string of the molecule is CC1(C)[C@@H]2CC[C@](C)(O)[C@@H](CCO)C2CC[C@@H]1O. The van der Waals surface area contributed by atoms with Gasteiger partial charge in [-0.05, 0) is 62.2 Å². The first-order valence-electron chi connectivity index (χ1n) is 7.32. The van der Waals surface area contributed by atoms with Gasteiger partial charge >= 0.3 is 0 Å². The highest BCUT2D eigenvalue weighted by Gasteiger charge is 2.53. The van der Waals surface area contributed by atoms with Crippen LogP contribution in [0, 0.1) is 23.2 Å². The average molecular weight is 256 g/mol. The van der Waals surface area contributed by atoms with E-state index < -0.39 is 5.60 Å². The Morgan fingerprint density at radius 1 is 1.11 bits per heavy atom. The van der Waals surface area contributed by atoms with Crippen LogP contribution >= 0.6 is 0 Å². The molecule has 2 fully saturated rings. The van der Waals surface area contributed by atoms with Gasteiger partial charge in [-0.25, -0.2) is 0 Å². The van der Waals surface area contributed by atoms with Crippen molar-refractivity contribution in [3.63, 3.8) is 0 Å². The fourth-order valence-electron chi connectivity index (χ4n) is 4.55. The van der Waals surface area contributed by atoms with Gasteiger partial charge in [0, 0.05) is 6.61 Å². The minimum atomic E-state index is -0.651. The zero-order valence-corrected chi connectivity index (χ0v) is 11.9. The molecule has 0 saturated heterocycles. The lowest BCUT2D eigenvalue weighted by molar-refractivity contribution is -0.153. The molecule has 2 aliphatic carbocycles. The second kappa shape index (κ2) is 4.77. The largest absolute Gasteiger partial charge is 0.396 e. The molecule has 0 amide bonds. The summed E-state index contributed by atoms with van der Waals surface area (Å²) in [6, 6.07) is 0. The Morgan fingerprint density at radius 3 is 2.39 bits per heavy atom. The second-order valence-corrected chi connectivity index (χ2v) is 7.20. The van der Waals surface area contributed by atoms with Crippen LogP contribution < -0.4 is 0 Å². The monoisotopic (exact) mass is 256 g/mol. The number of hydrogen-bond donors (Lipinski definition) is 3. The molecule has 5 atom stereocenters. The molecule has 0 aromatic rings. The highest BCUT2D eigenvalue weighted by Crippen LogP contribution is 2.55. The fraction of sp³-hybridized carbons (Fsp3) is 1.00. The quantitative estimate of drug-likeness (QED) is 0.707. The van der Waals surface area contributed by atoms with Crippen LogP contribution in [0.25, 0.3) is 0 Å². The summed E-state index contributed by atoms with van der Waals surface area (Å²) in [5.41, 5.74) is -0.713. The van der Waals surface area contributed by atoms with Gasteiger partial charge in [0.05, 0.1) is 11.7 Å². The van der Waals surface area contributed by atoms with Crippen LogP contribution in [0.4, 0.5) is 0 Å².